The van der Waals surface area contributed by atoms with Crippen molar-refractivity contribution >= 4 is 28.6 Å². The third-order valence-electron chi connectivity index (χ3n) is 4.84. The van der Waals surface area contributed by atoms with Gasteiger partial charge in [0.15, 0.2) is 5.16 Å². The lowest BCUT2D eigenvalue weighted by atomic mass is 10.2. The molecule has 2 heterocycles. The molecule has 4 rings (SSSR count). The number of hydrogen-bond acceptors (Lipinski definition) is 5. The molecule has 5 nitrogen and oxygen atoms in total. The van der Waals surface area contributed by atoms with E-state index in [2.05, 4.69) is 0 Å². The van der Waals surface area contributed by atoms with E-state index in [0.29, 0.717) is 22.5 Å². The number of fused-ring (bicyclic) bond motifs is 1. The maximum atomic E-state index is 13.0. The fraction of sp³-hybridized carbons (Fsp3) is 0.500. The molecule has 1 aliphatic carbocycles. The van der Waals surface area contributed by atoms with Crippen LogP contribution < -0.4 is 5.56 Å². The van der Waals surface area contributed by atoms with Crippen LogP contribution in [0.1, 0.15) is 45.1 Å². The number of thioether (sulfide) groups is 1. The zero-order valence-electron chi connectivity index (χ0n) is 13.6. The average Bonchev–Trinajstić information content (AvgIpc) is 3.18. The Bertz CT molecular complexity index is 842. The molecule has 6 heteroatoms. The number of hydrogen-bond donors (Lipinski definition) is 0. The summed E-state index contributed by atoms with van der Waals surface area (Å²) < 4.78 is 7.08. The summed E-state index contributed by atoms with van der Waals surface area (Å²) in [6.45, 7) is 1.90. The normalized spacial score (nSPS) is 24.6. The summed E-state index contributed by atoms with van der Waals surface area (Å²) in [6, 6.07) is 7.63. The molecular formula is C18H20N2O3S. The van der Waals surface area contributed by atoms with Gasteiger partial charge in [0, 0.05) is 12.5 Å². The molecule has 2 aliphatic rings. The molecule has 0 spiro atoms. The fourth-order valence-corrected chi connectivity index (χ4v) is 4.91. The van der Waals surface area contributed by atoms with E-state index in [1.54, 1.807) is 0 Å². The lowest BCUT2D eigenvalue weighted by Gasteiger charge is -2.19. The van der Waals surface area contributed by atoms with E-state index in [0.717, 1.165) is 25.7 Å². The second-order valence-corrected chi connectivity index (χ2v) is 7.78. The highest BCUT2D eigenvalue weighted by atomic mass is 32.2. The molecule has 0 radical (unpaired) electrons. The summed E-state index contributed by atoms with van der Waals surface area (Å²) in [5.41, 5.74) is 0.702. The van der Waals surface area contributed by atoms with Gasteiger partial charge >= 0.3 is 5.97 Å². The monoisotopic (exact) mass is 344 g/mol. The predicted octanol–water partition coefficient (Wildman–Crippen LogP) is 3.31. The maximum Gasteiger partial charge on any atom is 0.319 e. The number of rotatable bonds is 3. The first-order valence-corrected chi connectivity index (χ1v) is 9.40. The van der Waals surface area contributed by atoms with Crippen molar-refractivity contribution in [3.05, 3.63) is 34.6 Å². The topological polar surface area (TPSA) is 61.2 Å². The van der Waals surface area contributed by atoms with E-state index in [1.165, 1.54) is 11.8 Å². The van der Waals surface area contributed by atoms with Crippen molar-refractivity contribution in [3.63, 3.8) is 0 Å². The van der Waals surface area contributed by atoms with E-state index in [1.807, 2.05) is 35.8 Å². The quantitative estimate of drug-likeness (QED) is 0.631. The lowest BCUT2D eigenvalue weighted by molar-refractivity contribution is -0.140. The standard InChI is InChI=1S/C18H20N2O3S/c1-11-10-15(17(22)23-11)24-18-19-14-9-5-4-8-13(14)16(21)20(18)12-6-2-3-7-12/h4-5,8-9,11-12,15H,2-3,6-7,10H2,1H3/t11-,15-/m0/s1. The Balaban J connectivity index is 1.81. The second kappa shape index (κ2) is 6.24. The van der Waals surface area contributed by atoms with Crippen LogP contribution in [0.3, 0.4) is 0 Å². The zero-order chi connectivity index (χ0) is 16.7. The molecular weight excluding hydrogens is 324 g/mol. The van der Waals surface area contributed by atoms with E-state index in [-0.39, 0.29) is 28.9 Å². The minimum absolute atomic E-state index is 0.00872. The molecule has 2 aromatic rings. The van der Waals surface area contributed by atoms with Gasteiger partial charge in [-0.05, 0) is 31.9 Å². The minimum atomic E-state index is -0.277. The van der Waals surface area contributed by atoms with Crippen LogP contribution in [0, 0.1) is 0 Å². The Morgan fingerprint density at radius 3 is 2.67 bits per heavy atom. The van der Waals surface area contributed by atoms with Gasteiger partial charge in [-0.1, -0.05) is 36.7 Å². The molecule has 0 amide bonds. The number of benzene rings is 1. The summed E-state index contributed by atoms with van der Waals surface area (Å²) in [5, 5.41) is 1.03. The van der Waals surface area contributed by atoms with E-state index < -0.39 is 0 Å². The molecule has 0 N–H and O–H groups in total. The number of esters is 1. The first kappa shape index (κ1) is 15.7. The average molecular weight is 344 g/mol. The van der Waals surface area contributed by atoms with Gasteiger partial charge < -0.3 is 4.74 Å². The molecule has 1 aliphatic heterocycles. The van der Waals surface area contributed by atoms with E-state index in [9.17, 15) is 9.59 Å². The SMILES string of the molecule is C[C@H]1C[C@H](Sc2nc3ccccc3c(=O)n2C2CCCC2)C(=O)O1. The van der Waals surface area contributed by atoms with Crippen LogP contribution in [-0.4, -0.2) is 26.9 Å². The molecule has 1 saturated carbocycles. The molecule has 2 fully saturated rings. The predicted molar refractivity (Wildman–Crippen MR) is 93.3 cm³/mol. The highest BCUT2D eigenvalue weighted by Gasteiger charge is 2.35. The number of cyclic esters (lactones) is 1. The van der Waals surface area contributed by atoms with Gasteiger partial charge in [0.05, 0.1) is 10.9 Å². The summed E-state index contributed by atoms with van der Waals surface area (Å²) in [5.74, 6) is -0.201. The second-order valence-electron chi connectivity index (χ2n) is 6.61. The van der Waals surface area contributed by atoms with Crippen LogP contribution in [0.25, 0.3) is 10.9 Å². The van der Waals surface area contributed by atoms with Gasteiger partial charge in [-0.15, -0.1) is 0 Å². The van der Waals surface area contributed by atoms with Crippen molar-refractivity contribution in [3.8, 4) is 0 Å². The zero-order valence-corrected chi connectivity index (χ0v) is 14.4. The number of carbonyl (C=O) groups excluding carboxylic acids is 1. The highest BCUT2D eigenvalue weighted by Crippen LogP contribution is 2.36. The maximum absolute atomic E-state index is 13.0. The molecule has 1 saturated heterocycles. The van der Waals surface area contributed by atoms with Crippen LogP contribution in [0.15, 0.2) is 34.2 Å². The minimum Gasteiger partial charge on any atom is -0.462 e. The fourth-order valence-electron chi connectivity index (χ4n) is 3.64. The summed E-state index contributed by atoms with van der Waals surface area (Å²) in [4.78, 5) is 29.8. The van der Waals surface area contributed by atoms with Crippen molar-refractivity contribution in [1.82, 2.24) is 9.55 Å². The van der Waals surface area contributed by atoms with Crippen molar-refractivity contribution < 1.29 is 9.53 Å². The smallest absolute Gasteiger partial charge is 0.319 e. The number of para-hydroxylation sites is 1. The molecule has 0 bridgehead atoms. The number of aromatic nitrogens is 2. The Labute approximate surface area is 144 Å². The Morgan fingerprint density at radius 2 is 1.96 bits per heavy atom. The van der Waals surface area contributed by atoms with Crippen molar-refractivity contribution in [2.24, 2.45) is 0 Å². The van der Waals surface area contributed by atoms with Crippen LogP contribution in [-0.2, 0) is 9.53 Å². The summed E-state index contributed by atoms with van der Waals surface area (Å²) in [7, 11) is 0. The van der Waals surface area contributed by atoms with Crippen molar-refractivity contribution in [2.45, 2.75) is 61.6 Å². The first-order valence-electron chi connectivity index (χ1n) is 8.52. The van der Waals surface area contributed by atoms with E-state index in [4.69, 9.17) is 9.72 Å². The van der Waals surface area contributed by atoms with Crippen LogP contribution in [0.5, 0.6) is 0 Å². The lowest BCUT2D eigenvalue weighted by Crippen LogP contribution is -2.27. The number of carbonyl (C=O) groups is 1. The molecule has 0 unspecified atom stereocenters. The Kier molecular flexibility index (Phi) is 4.08. The van der Waals surface area contributed by atoms with Crippen LogP contribution >= 0.6 is 11.8 Å². The molecule has 1 aromatic heterocycles. The number of ether oxygens (including phenoxy) is 1. The van der Waals surface area contributed by atoms with Crippen LogP contribution in [0.4, 0.5) is 0 Å². The number of nitrogens with zero attached hydrogens (tertiary/aromatic N) is 2. The third-order valence-corrected chi connectivity index (χ3v) is 6.01. The van der Waals surface area contributed by atoms with Gasteiger partial charge in [-0.2, -0.15) is 0 Å². The Morgan fingerprint density at radius 1 is 1.21 bits per heavy atom. The molecule has 126 valence electrons. The van der Waals surface area contributed by atoms with Gasteiger partial charge in [-0.3, -0.25) is 14.2 Å². The van der Waals surface area contributed by atoms with Gasteiger partial charge in [-0.25, -0.2) is 4.98 Å². The molecule has 1 aromatic carbocycles. The van der Waals surface area contributed by atoms with Crippen LogP contribution in [0.2, 0.25) is 0 Å². The first-order chi connectivity index (χ1) is 11.6. The van der Waals surface area contributed by atoms with Gasteiger partial charge in [0.1, 0.15) is 11.4 Å². The third kappa shape index (κ3) is 2.73. The van der Waals surface area contributed by atoms with Crippen molar-refractivity contribution in [2.75, 3.05) is 0 Å². The highest BCUT2D eigenvalue weighted by molar-refractivity contribution is 8.00. The molecule has 24 heavy (non-hydrogen) atoms. The molecule has 2 atom stereocenters. The van der Waals surface area contributed by atoms with Gasteiger partial charge in [0.2, 0.25) is 0 Å². The van der Waals surface area contributed by atoms with E-state index >= 15 is 0 Å². The summed E-state index contributed by atoms with van der Waals surface area (Å²) in [6.07, 6.45) is 4.87. The largest absolute Gasteiger partial charge is 0.462 e. The Hall–Kier alpha value is -1.82. The summed E-state index contributed by atoms with van der Waals surface area (Å²) >= 11 is 1.38. The van der Waals surface area contributed by atoms with Crippen molar-refractivity contribution in [1.29, 1.82) is 0 Å². The van der Waals surface area contributed by atoms with Gasteiger partial charge in [0.25, 0.3) is 5.56 Å².